The van der Waals surface area contributed by atoms with Crippen LogP contribution in [0.15, 0.2) is 40.6 Å². The van der Waals surface area contributed by atoms with Crippen LogP contribution in [0.25, 0.3) is 0 Å². The van der Waals surface area contributed by atoms with Gasteiger partial charge in [0.25, 0.3) is 0 Å². The Morgan fingerprint density at radius 3 is 2.33 bits per heavy atom. The molecule has 0 unspecified atom stereocenters. The molecule has 1 heterocycles. The molecule has 1 aliphatic carbocycles. The Kier molecular flexibility index (Phi) is 5.89. The Morgan fingerprint density at radius 2 is 1.71 bits per heavy atom. The minimum atomic E-state index is -1.47. The predicted molar refractivity (Wildman–Crippen MR) is 106 cm³/mol. The molecule has 0 spiro atoms. The zero-order chi connectivity index (χ0) is 17.2. The third-order valence-corrected chi connectivity index (χ3v) is 8.23. The molecule has 0 aromatic heterocycles. The summed E-state index contributed by atoms with van der Waals surface area (Å²) >= 11 is 6.88. The molecule has 2 atom stereocenters. The number of hydrogen-bond acceptors (Lipinski definition) is 1. The minimum absolute atomic E-state index is 0.229. The summed E-state index contributed by atoms with van der Waals surface area (Å²) in [6.45, 7) is 7.25. The molecule has 1 aromatic carbocycles. The average Bonchev–Trinajstić information content (AvgIpc) is 2.55. The SMILES string of the molecule is C[Si](C)(C)C1=C(Cl)C[C@H](Cc2ccccc2)O[C@@H]1C1CCCCC1. The van der Waals surface area contributed by atoms with Crippen molar-refractivity contribution in [3.8, 4) is 0 Å². The predicted octanol–water partition coefficient (Wildman–Crippen LogP) is 6.34. The molecule has 1 fully saturated rings. The molecule has 0 N–H and O–H groups in total. The molecule has 0 amide bonds. The van der Waals surface area contributed by atoms with Crippen LogP contribution in [0, 0.1) is 5.92 Å². The van der Waals surface area contributed by atoms with E-state index in [1.807, 2.05) is 0 Å². The highest BCUT2D eigenvalue weighted by Crippen LogP contribution is 2.42. The Morgan fingerprint density at radius 1 is 1.04 bits per heavy atom. The molecule has 1 nitrogen and oxygen atoms in total. The van der Waals surface area contributed by atoms with Crippen molar-refractivity contribution in [1.29, 1.82) is 0 Å². The van der Waals surface area contributed by atoms with Gasteiger partial charge in [-0.3, -0.25) is 0 Å². The summed E-state index contributed by atoms with van der Waals surface area (Å²) in [5.41, 5.74) is 1.35. The van der Waals surface area contributed by atoms with Gasteiger partial charge in [0.2, 0.25) is 0 Å². The van der Waals surface area contributed by atoms with Crippen LogP contribution >= 0.6 is 11.6 Å². The fraction of sp³-hybridized carbons (Fsp3) is 0.619. The number of ether oxygens (including phenoxy) is 1. The van der Waals surface area contributed by atoms with Crippen molar-refractivity contribution < 1.29 is 4.74 Å². The molecule has 1 aromatic rings. The maximum Gasteiger partial charge on any atom is 0.0796 e. The highest BCUT2D eigenvalue weighted by Gasteiger charge is 2.40. The zero-order valence-electron chi connectivity index (χ0n) is 15.4. The van der Waals surface area contributed by atoms with E-state index >= 15 is 0 Å². The van der Waals surface area contributed by atoms with Crippen LogP contribution in [0.4, 0.5) is 0 Å². The molecule has 1 saturated carbocycles. The highest BCUT2D eigenvalue weighted by atomic mass is 35.5. The molecular weight excluding hydrogens is 332 g/mol. The van der Waals surface area contributed by atoms with Crippen molar-refractivity contribution in [3.05, 3.63) is 46.1 Å². The first-order valence-corrected chi connectivity index (χ1v) is 13.4. The quantitative estimate of drug-likeness (QED) is 0.568. The first kappa shape index (κ1) is 18.2. The topological polar surface area (TPSA) is 9.23 Å². The van der Waals surface area contributed by atoms with Crippen molar-refractivity contribution in [2.45, 2.75) is 76.8 Å². The zero-order valence-corrected chi connectivity index (χ0v) is 17.1. The Labute approximate surface area is 153 Å². The monoisotopic (exact) mass is 362 g/mol. The summed E-state index contributed by atoms with van der Waals surface area (Å²) in [5.74, 6) is 0.674. The maximum absolute atomic E-state index is 6.88. The summed E-state index contributed by atoms with van der Waals surface area (Å²) in [5, 5.41) is 2.62. The largest absolute Gasteiger partial charge is 0.370 e. The second kappa shape index (κ2) is 7.76. The van der Waals surface area contributed by atoms with Gasteiger partial charge in [0.15, 0.2) is 0 Å². The van der Waals surface area contributed by atoms with Crippen molar-refractivity contribution in [2.75, 3.05) is 0 Å². The van der Waals surface area contributed by atoms with E-state index in [0.717, 1.165) is 17.9 Å². The van der Waals surface area contributed by atoms with Gasteiger partial charge >= 0.3 is 0 Å². The molecule has 24 heavy (non-hydrogen) atoms. The first-order chi connectivity index (χ1) is 11.4. The standard InChI is InChI=1S/C21H31ClOSi/c1-24(2,3)21-19(22)15-18(14-16-10-6-4-7-11-16)23-20(21)17-12-8-5-9-13-17/h4,6-7,10-11,17-18,20H,5,8-9,12-15H2,1-3H3/t18-,20+/m0/s1. The van der Waals surface area contributed by atoms with Gasteiger partial charge < -0.3 is 4.74 Å². The summed E-state index contributed by atoms with van der Waals surface area (Å²) in [6.07, 6.45) is 9.06. The van der Waals surface area contributed by atoms with Crippen molar-refractivity contribution >= 4 is 19.7 Å². The van der Waals surface area contributed by atoms with Crippen LogP contribution in [0.2, 0.25) is 19.6 Å². The van der Waals surface area contributed by atoms with E-state index in [1.54, 1.807) is 0 Å². The maximum atomic E-state index is 6.88. The molecule has 0 bridgehead atoms. The fourth-order valence-electron chi connectivity index (χ4n) is 4.40. The van der Waals surface area contributed by atoms with Gasteiger partial charge in [-0.1, -0.05) is 80.8 Å². The van der Waals surface area contributed by atoms with Gasteiger partial charge in [-0.05, 0) is 35.9 Å². The lowest BCUT2D eigenvalue weighted by Gasteiger charge is -2.42. The van der Waals surface area contributed by atoms with E-state index in [0.29, 0.717) is 5.92 Å². The van der Waals surface area contributed by atoms with Crippen LogP contribution in [-0.4, -0.2) is 20.3 Å². The Hall–Kier alpha value is -0.573. The number of rotatable bonds is 4. The van der Waals surface area contributed by atoms with E-state index in [9.17, 15) is 0 Å². The normalized spacial score (nSPS) is 26.7. The second-order valence-corrected chi connectivity index (χ2v) is 14.0. The summed E-state index contributed by atoms with van der Waals surface area (Å²) < 4.78 is 6.73. The highest BCUT2D eigenvalue weighted by molar-refractivity contribution is 6.84. The summed E-state index contributed by atoms with van der Waals surface area (Å²) in [7, 11) is -1.47. The third-order valence-electron chi connectivity index (χ3n) is 5.51. The van der Waals surface area contributed by atoms with Gasteiger partial charge in [0.1, 0.15) is 0 Å². The van der Waals surface area contributed by atoms with E-state index in [2.05, 4.69) is 50.0 Å². The Bertz CT molecular complexity index is 569. The van der Waals surface area contributed by atoms with Crippen molar-refractivity contribution in [3.63, 3.8) is 0 Å². The van der Waals surface area contributed by atoms with E-state index in [1.165, 1.54) is 42.9 Å². The number of halogens is 1. The average molecular weight is 363 g/mol. The Balaban J connectivity index is 1.83. The van der Waals surface area contributed by atoms with Crippen molar-refractivity contribution in [1.82, 2.24) is 0 Å². The van der Waals surface area contributed by atoms with Gasteiger partial charge in [0, 0.05) is 11.5 Å². The molecule has 0 saturated heterocycles. The van der Waals surface area contributed by atoms with Crippen LogP contribution in [0.3, 0.4) is 0 Å². The lowest BCUT2D eigenvalue weighted by molar-refractivity contribution is -0.0352. The lowest BCUT2D eigenvalue weighted by Crippen LogP contribution is -2.44. The smallest absolute Gasteiger partial charge is 0.0796 e. The molecule has 132 valence electrons. The first-order valence-electron chi connectivity index (χ1n) is 9.53. The molecule has 3 heteroatoms. The minimum Gasteiger partial charge on any atom is -0.370 e. The second-order valence-electron chi connectivity index (χ2n) is 8.54. The molecule has 0 radical (unpaired) electrons. The van der Waals surface area contributed by atoms with Crippen LogP contribution < -0.4 is 0 Å². The van der Waals surface area contributed by atoms with Gasteiger partial charge in [-0.25, -0.2) is 0 Å². The molecule has 3 rings (SSSR count). The van der Waals surface area contributed by atoms with E-state index < -0.39 is 8.07 Å². The van der Waals surface area contributed by atoms with Crippen LogP contribution in [0.5, 0.6) is 0 Å². The molecule has 2 aliphatic rings. The molecular formula is C21H31ClOSi. The lowest BCUT2D eigenvalue weighted by atomic mass is 9.83. The number of hydrogen-bond donors (Lipinski definition) is 0. The van der Waals surface area contributed by atoms with Gasteiger partial charge in [-0.15, -0.1) is 0 Å². The van der Waals surface area contributed by atoms with Crippen LogP contribution in [-0.2, 0) is 11.2 Å². The van der Waals surface area contributed by atoms with E-state index in [4.69, 9.17) is 16.3 Å². The fourth-order valence-corrected chi connectivity index (χ4v) is 7.61. The third kappa shape index (κ3) is 4.33. The number of benzene rings is 1. The summed E-state index contributed by atoms with van der Waals surface area (Å²) in [6, 6.07) is 10.7. The van der Waals surface area contributed by atoms with Crippen LogP contribution in [0.1, 0.15) is 44.1 Å². The van der Waals surface area contributed by atoms with Crippen molar-refractivity contribution in [2.24, 2.45) is 5.92 Å². The summed E-state index contributed by atoms with van der Waals surface area (Å²) in [4.78, 5) is 0. The van der Waals surface area contributed by atoms with Gasteiger partial charge in [0.05, 0.1) is 20.3 Å². The van der Waals surface area contributed by atoms with E-state index in [-0.39, 0.29) is 12.2 Å². The molecule has 1 aliphatic heterocycles. The van der Waals surface area contributed by atoms with Gasteiger partial charge in [-0.2, -0.15) is 0 Å².